The third kappa shape index (κ3) is 1.90. The number of hydrogen-bond donors (Lipinski definition) is 1. The van der Waals surface area contributed by atoms with Crippen molar-refractivity contribution in [3.8, 4) is 0 Å². The van der Waals surface area contributed by atoms with Crippen LogP contribution in [0.4, 0.5) is 0 Å². The zero-order valence-electron chi connectivity index (χ0n) is 5.08. The predicted octanol–water partition coefficient (Wildman–Crippen LogP) is 1.43. The second-order valence-corrected chi connectivity index (χ2v) is 3.73. The van der Waals surface area contributed by atoms with Crippen molar-refractivity contribution in [2.75, 3.05) is 0 Å². The van der Waals surface area contributed by atoms with Gasteiger partial charge in [-0.1, -0.05) is 15.9 Å². The Morgan fingerprint density at radius 1 is 1.30 bits per heavy atom. The molecule has 0 heterocycles. The molecule has 0 aliphatic carbocycles. The Balaban J connectivity index is 3.00. The molecule has 1 aromatic carbocycles. The van der Waals surface area contributed by atoms with Gasteiger partial charge in [-0.15, -0.1) is 0 Å². The van der Waals surface area contributed by atoms with E-state index < -0.39 is 11.0 Å². The molecule has 0 amide bonds. The highest BCUT2D eigenvalue weighted by Crippen LogP contribution is 2.11. The first-order valence-electron chi connectivity index (χ1n) is 2.62. The van der Waals surface area contributed by atoms with Gasteiger partial charge >= 0.3 is 0 Å². The smallest absolute Gasteiger partial charge is 0.122 e. The van der Waals surface area contributed by atoms with Crippen molar-refractivity contribution in [1.29, 1.82) is 0 Å². The number of hydrogen-bond acceptors (Lipinski definition) is 1. The minimum atomic E-state index is -1.36. The van der Waals surface area contributed by atoms with Crippen molar-refractivity contribution < 1.29 is 4.21 Å². The van der Waals surface area contributed by atoms with Gasteiger partial charge in [-0.05, 0) is 24.3 Å². The number of rotatable bonds is 1. The normalized spacial score (nSPS) is 13.0. The summed E-state index contributed by atoms with van der Waals surface area (Å²) >= 11 is 3.25. The molecule has 1 atom stereocenters. The first kappa shape index (κ1) is 7.91. The number of benzene rings is 1. The largest absolute Gasteiger partial charge is 0.248 e. The Labute approximate surface area is 70.1 Å². The summed E-state index contributed by atoms with van der Waals surface area (Å²) in [5.74, 6) is 0. The Morgan fingerprint density at radius 3 is 2.20 bits per heavy atom. The average Bonchev–Trinajstić information content (AvgIpc) is 1.88. The van der Waals surface area contributed by atoms with Crippen molar-refractivity contribution in [2.24, 2.45) is 5.14 Å². The van der Waals surface area contributed by atoms with E-state index >= 15 is 0 Å². The van der Waals surface area contributed by atoms with Crippen LogP contribution in [-0.2, 0) is 11.0 Å². The summed E-state index contributed by atoms with van der Waals surface area (Å²) in [4.78, 5) is 0.642. The summed E-state index contributed by atoms with van der Waals surface area (Å²) in [6.45, 7) is 0. The molecule has 54 valence electrons. The van der Waals surface area contributed by atoms with Crippen molar-refractivity contribution >= 4 is 26.9 Å². The van der Waals surface area contributed by atoms with E-state index in [4.69, 9.17) is 5.14 Å². The first-order valence-corrected chi connectivity index (χ1v) is 4.62. The summed E-state index contributed by atoms with van der Waals surface area (Å²) in [7, 11) is -1.36. The van der Waals surface area contributed by atoms with Gasteiger partial charge in [-0.2, -0.15) is 0 Å². The fourth-order valence-electron chi connectivity index (χ4n) is 0.569. The predicted molar refractivity (Wildman–Crippen MR) is 44.7 cm³/mol. The lowest BCUT2D eigenvalue weighted by molar-refractivity contribution is 0.684. The number of halogens is 1. The van der Waals surface area contributed by atoms with Crippen LogP contribution in [0.25, 0.3) is 0 Å². The summed E-state index contributed by atoms with van der Waals surface area (Å²) in [5, 5.41) is 5.12. The molecule has 0 aliphatic rings. The van der Waals surface area contributed by atoms with Gasteiger partial charge in [0.05, 0.1) is 4.90 Å². The quantitative estimate of drug-likeness (QED) is 0.764. The molecule has 1 rings (SSSR count). The molecule has 0 aliphatic heterocycles. The molecule has 0 saturated heterocycles. The zero-order valence-corrected chi connectivity index (χ0v) is 7.48. The molecule has 10 heavy (non-hydrogen) atoms. The molecule has 0 aromatic heterocycles. The van der Waals surface area contributed by atoms with E-state index in [1.54, 1.807) is 24.3 Å². The maximum Gasteiger partial charge on any atom is 0.122 e. The molecule has 0 radical (unpaired) electrons. The van der Waals surface area contributed by atoms with Crippen LogP contribution in [0.3, 0.4) is 0 Å². The van der Waals surface area contributed by atoms with Crippen LogP contribution in [0.2, 0.25) is 0 Å². The Morgan fingerprint density at radius 2 is 1.80 bits per heavy atom. The van der Waals surface area contributed by atoms with E-state index in [9.17, 15) is 4.21 Å². The lowest BCUT2D eigenvalue weighted by atomic mass is 10.4. The molecule has 2 N–H and O–H groups in total. The van der Waals surface area contributed by atoms with Gasteiger partial charge in [0.2, 0.25) is 0 Å². The molecule has 4 heteroatoms. The summed E-state index contributed by atoms with van der Waals surface area (Å²) in [6.07, 6.45) is 0. The van der Waals surface area contributed by atoms with Gasteiger partial charge in [-0.3, -0.25) is 0 Å². The minimum absolute atomic E-state index is 0.642. The monoisotopic (exact) mass is 219 g/mol. The van der Waals surface area contributed by atoms with Crippen LogP contribution in [0.5, 0.6) is 0 Å². The zero-order chi connectivity index (χ0) is 7.56. The number of nitrogens with two attached hydrogens (primary N) is 1. The van der Waals surface area contributed by atoms with E-state index in [0.29, 0.717) is 4.90 Å². The van der Waals surface area contributed by atoms with Crippen LogP contribution in [0.1, 0.15) is 0 Å². The van der Waals surface area contributed by atoms with Gasteiger partial charge < -0.3 is 0 Å². The minimum Gasteiger partial charge on any atom is -0.248 e. The Hall–Kier alpha value is -0.190. The third-order valence-electron chi connectivity index (χ3n) is 1.05. The summed E-state index contributed by atoms with van der Waals surface area (Å²) in [6, 6.07) is 7.06. The molecule has 1 aromatic rings. The van der Waals surface area contributed by atoms with Crippen molar-refractivity contribution in [3.63, 3.8) is 0 Å². The van der Waals surface area contributed by atoms with E-state index in [0.717, 1.165) is 4.47 Å². The second-order valence-electron chi connectivity index (χ2n) is 1.75. The van der Waals surface area contributed by atoms with Crippen molar-refractivity contribution in [3.05, 3.63) is 28.7 Å². The summed E-state index contributed by atoms with van der Waals surface area (Å²) < 4.78 is 11.6. The second kappa shape index (κ2) is 3.27. The molecule has 0 saturated carbocycles. The van der Waals surface area contributed by atoms with Crippen molar-refractivity contribution in [2.45, 2.75) is 4.90 Å². The lowest BCUT2D eigenvalue weighted by Crippen LogP contribution is -2.01. The molecule has 2 nitrogen and oxygen atoms in total. The van der Waals surface area contributed by atoms with Gasteiger partial charge in [0.1, 0.15) is 11.0 Å². The van der Waals surface area contributed by atoms with Crippen LogP contribution in [-0.4, -0.2) is 4.21 Å². The van der Waals surface area contributed by atoms with Crippen LogP contribution in [0, 0.1) is 0 Å². The maximum absolute atomic E-state index is 10.6. The Kier molecular flexibility index (Phi) is 2.59. The average molecular weight is 220 g/mol. The highest BCUT2D eigenvalue weighted by atomic mass is 79.9. The first-order chi connectivity index (χ1) is 4.70. The van der Waals surface area contributed by atoms with Crippen LogP contribution < -0.4 is 5.14 Å². The topological polar surface area (TPSA) is 43.1 Å². The fraction of sp³-hybridized carbons (Fsp3) is 0. The molecule has 0 spiro atoms. The van der Waals surface area contributed by atoms with E-state index in [-0.39, 0.29) is 0 Å². The van der Waals surface area contributed by atoms with Gasteiger partial charge in [-0.25, -0.2) is 9.35 Å². The highest BCUT2D eigenvalue weighted by Gasteiger charge is 1.94. The lowest BCUT2D eigenvalue weighted by Gasteiger charge is -1.93. The Bertz CT molecular complexity index is 246. The molecule has 1 unspecified atom stereocenters. The van der Waals surface area contributed by atoms with Gasteiger partial charge in [0, 0.05) is 4.47 Å². The van der Waals surface area contributed by atoms with E-state index in [1.165, 1.54) is 0 Å². The standard InChI is InChI=1S/C6H6BrNOS/c7-5-1-3-6(4-2-5)10(8)9/h1-4H,8H2. The maximum atomic E-state index is 10.6. The molecular formula is C6H6BrNOS. The fourth-order valence-corrected chi connectivity index (χ4v) is 1.24. The van der Waals surface area contributed by atoms with Crippen LogP contribution in [0.15, 0.2) is 33.6 Å². The van der Waals surface area contributed by atoms with Gasteiger partial charge in [0.15, 0.2) is 0 Å². The highest BCUT2D eigenvalue weighted by molar-refractivity contribution is 9.10. The van der Waals surface area contributed by atoms with Gasteiger partial charge in [0.25, 0.3) is 0 Å². The molecular weight excluding hydrogens is 214 g/mol. The van der Waals surface area contributed by atoms with Crippen molar-refractivity contribution in [1.82, 2.24) is 0 Å². The third-order valence-corrected chi connectivity index (χ3v) is 2.31. The SMILES string of the molecule is NS(=O)c1ccc(Br)cc1. The molecule has 0 fully saturated rings. The van der Waals surface area contributed by atoms with E-state index in [2.05, 4.69) is 15.9 Å². The summed E-state index contributed by atoms with van der Waals surface area (Å²) in [5.41, 5.74) is 0. The van der Waals surface area contributed by atoms with E-state index in [1.807, 2.05) is 0 Å². The van der Waals surface area contributed by atoms with Crippen LogP contribution >= 0.6 is 15.9 Å². The molecule has 0 bridgehead atoms.